The standard InChI is InChI=1S/C14H17ClSi/c1-16(2,3)10-9-14(15)11-13(14)12-7-5-4-6-8-12/h4-8,13H,11H2,1-3H3. The van der Waals surface area contributed by atoms with Gasteiger partial charge in [0.05, 0.1) is 0 Å². The third-order valence-electron chi connectivity index (χ3n) is 2.74. The Hall–Kier alpha value is -0.713. The van der Waals surface area contributed by atoms with E-state index in [1.54, 1.807) is 0 Å². The average Bonchev–Trinajstić information content (AvgIpc) is 2.90. The van der Waals surface area contributed by atoms with Crippen molar-refractivity contribution in [2.45, 2.75) is 36.9 Å². The van der Waals surface area contributed by atoms with Crippen molar-refractivity contribution >= 4 is 19.7 Å². The van der Waals surface area contributed by atoms with Crippen LogP contribution in [0.4, 0.5) is 0 Å². The van der Waals surface area contributed by atoms with Crippen LogP contribution in [0, 0.1) is 11.5 Å². The molecule has 0 amide bonds. The van der Waals surface area contributed by atoms with E-state index in [-0.39, 0.29) is 4.87 Å². The van der Waals surface area contributed by atoms with Crippen LogP contribution in [0.5, 0.6) is 0 Å². The maximum atomic E-state index is 6.50. The summed E-state index contributed by atoms with van der Waals surface area (Å²) in [7, 11) is -1.30. The van der Waals surface area contributed by atoms with Crippen molar-refractivity contribution in [3.8, 4) is 11.5 Å². The van der Waals surface area contributed by atoms with E-state index in [9.17, 15) is 0 Å². The Balaban J connectivity index is 2.12. The first kappa shape index (κ1) is 11.8. The van der Waals surface area contributed by atoms with Crippen LogP contribution in [0.3, 0.4) is 0 Å². The zero-order chi connectivity index (χ0) is 11.8. The Labute approximate surface area is 104 Å². The molecule has 1 aliphatic carbocycles. The topological polar surface area (TPSA) is 0 Å². The Morgan fingerprint density at radius 2 is 1.88 bits per heavy atom. The molecule has 1 saturated carbocycles. The summed E-state index contributed by atoms with van der Waals surface area (Å²) in [5.41, 5.74) is 4.70. The van der Waals surface area contributed by atoms with Gasteiger partial charge < -0.3 is 0 Å². The van der Waals surface area contributed by atoms with Gasteiger partial charge in [0.2, 0.25) is 0 Å². The van der Waals surface area contributed by atoms with E-state index < -0.39 is 8.07 Å². The fourth-order valence-electron chi connectivity index (χ4n) is 1.74. The van der Waals surface area contributed by atoms with Crippen molar-refractivity contribution in [1.82, 2.24) is 0 Å². The molecule has 2 heteroatoms. The van der Waals surface area contributed by atoms with Crippen molar-refractivity contribution in [1.29, 1.82) is 0 Å². The summed E-state index contributed by atoms with van der Waals surface area (Å²) in [5.74, 6) is 3.73. The minimum atomic E-state index is -1.30. The van der Waals surface area contributed by atoms with Crippen LogP contribution in [-0.4, -0.2) is 12.9 Å². The van der Waals surface area contributed by atoms with Gasteiger partial charge in [-0.1, -0.05) is 55.9 Å². The second-order valence-corrected chi connectivity index (χ2v) is 11.0. The first-order valence-electron chi connectivity index (χ1n) is 5.69. The summed E-state index contributed by atoms with van der Waals surface area (Å²) in [6, 6.07) is 10.5. The molecular formula is C14H17ClSi. The van der Waals surface area contributed by atoms with E-state index in [1.807, 2.05) is 6.07 Å². The van der Waals surface area contributed by atoms with Crippen LogP contribution < -0.4 is 0 Å². The van der Waals surface area contributed by atoms with E-state index in [0.717, 1.165) is 6.42 Å². The fraction of sp³-hybridized carbons (Fsp3) is 0.429. The van der Waals surface area contributed by atoms with Gasteiger partial charge in [0.1, 0.15) is 12.9 Å². The lowest BCUT2D eigenvalue weighted by molar-refractivity contribution is 1.07. The molecule has 1 aliphatic rings. The van der Waals surface area contributed by atoms with Gasteiger partial charge in [-0.05, 0) is 12.0 Å². The number of rotatable bonds is 1. The number of benzene rings is 1. The molecule has 0 bridgehead atoms. The van der Waals surface area contributed by atoms with E-state index >= 15 is 0 Å². The molecule has 1 fully saturated rings. The number of hydrogen-bond donors (Lipinski definition) is 0. The van der Waals surface area contributed by atoms with Gasteiger partial charge in [-0.15, -0.1) is 17.1 Å². The van der Waals surface area contributed by atoms with Crippen molar-refractivity contribution < 1.29 is 0 Å². The third-order valence-corrected chi connectivity index (χ3v) is 4.13. The van der Waals surface area contributed by atoms with E-state index in [2.05, 4.69) is 55.4 Å². The van der Waals surface area contributed by atoms with Crippen molar-refractivity contribution in [2.24, 2.45) is 0 Å². The molecule has 2 atom stereocenters. The minimum Gasteiger partial charge on any atom is -0.130 e. The van der Waals surface area contributed by atoms with Gasteiger partial charge in [0.15, 0.2) is 0 Å². The Morgan fingerprint density at radius 1 is 1.25 bits per heavy atom. The normalized spacial score (nSPS) is 28.1. The maximum Gasteiger partial charge on any atom is 0.129 e. The molecule has 0 heterocycles. The molecule has 0 aliphatic heterocycles. The summed E-state index contributed by atoms with van der Waals surface area (Å²) >= 11 is 6.50. The molecule has 0 spiro atoms. The summed E-state index contributed by atoms with van der Waals surface area (Å²) in [6.45, 7) is 6.75. The molecule has 0 radical (unpaired) electrons. The van der Waals surface area contributed by atoms with Crippen molar-refractivity contribution in [3.63, 3.8) is 0 Å². The molecular weight excluding hydrogens is 232 g/mol. The van der Waals surface area contributed by atoms with Crippen LogP contribution in [0.1, 0.15) is 17.9 Å². The van der Waals surface area contributed by atoms with Gasteiger partial charge in [-0.2, -0.15) is 0 Å². The lowest BCUT2D eigenvalue weighted by Gasteiger charge is -2.06. The number of halogens is 1. The average molecular weight is 249 g/mol. The highest BCUT2D eigenvalue weighted by atomic mass is 35.5. The van der Waals surface area contributed by atoms with Gasteiger partial charge in [-0.3, -0.25) is 0 Å². The first-order valence-corrected chi connectivity index (χ1v) is 9.57. The van der Waals surface area contributed by atoms with Crippen LogP contribution >= 0.6 is 11.6 Å². The lowest BCUT2D eigenvalue weighted by atomic mass is 10.1. The Morgan fingerprint density at radius 3 is 2.44 bits per heavy atom. The zero-order valence-electron chi connectivity index (χ0n) is 10.0. The van der Waals surface area contributed by atoms with Gasteiger partial charge in [0, 0.05) is 5.92 Å². The molecule has 2 rings (SSSR count). The SMILES string of the molecule is C[Si](C)(C)C#CC1(Cl)CC1c1ccccc1. The Bertz CT molecular complexity index is 435. The third kappa shape index (κ3) is 2.69. The maximum absolute atomic E-state index is 6.50. The quantitative estimate of drug-likeness (QED) is 0.400. The van der Waals surface area contributed by atoms with Crippen molar-refractivity contribution in [3.05, 3.63) is 35.9 Å². The summed E-state index contributed by atoms with van der Waals surface area (Å²) in [4.78, 5) is -0.276. The summed E-state index contributed by atoms with van der Waals surface area (Å²) in [5, 5.41) is 0. The minimum absolute atomic E-state index is 0.276. The molecule has 2 unspecified atom stereocenters. The van der Waals surface area contributed by atoms with Gasteiger partial charge in [0.25, 0.3) is 0 Å². The highest BCUT2D eigenvalue weighted by Gasteiger charge is 2.52. The van der Waals surface area contributed by atoms with Crippen molar-refractivity contribution in [2.75, 3.05) is 0 Å². The predicted octanol–water partition coefficient (Wildman–Crippen LogP) is 4.03. The van der Waals surface area contributed by atoms with Crippen LogP contribution in [-0.2, 0) is 0 Å². The van der Waals surface area contributed by atoms with E-state index in [4.69, 9.17) is 11.6 Å². The molecule has 0 aromatic heterocycles. The molecule has 0 saturated heterocycles. The zero-order valence-corrected chi connectivity index (χ0v) is 11.8. The first-order chi connectivity index (χ1) is 7.41. The second-order valence-electron chi connectivity index (χ2n) is 5.53. The lowest BCUT2D eigenvalue weighted by Crippen LogP contribution is -2.17. The molecule has 0 N–H and O–H groups in total. The highest BCUT2D eigenvalue weighted by Crippen LogP contribution is 2.56. The van der Waals surface area contributed by atoms with Crippen LogP contribution in [0.15, 0.2) is 30.3 Å². The molecule has 0 nitrogen and oxygen atoms in total. The van der Waals surface area contributed by atoms with E-state index in [0.29, 0.717) is 5.92 Å². The summed E-state index contributed by atoms with van der Waals surface area (Å²) in [6.07, 6.45) is 0.996. The Kier molecular flexibility index (Phi) is 2.90. The highest BCUT2D eigenvalue weighted by molar-refractivity contribution is 6.84. The molecule has 16 heavy (non-hydrogen) atoms. The fourth-order valence-corrected chi connectivity index (χ4v) is 2.74. The molecule has 84 valence electrons. The number of hydrogen-bond acceptors (Lipinski definition) is 0. The molecule has 1 aromatic rings. The van der Waals surface area contributed by atoms with Gasteiger partial charge >= 0.3 is 0 Å². The van der Waals surface area contributed by atoms with Gasteiger partial charge in [-0.25, -0.2) is 0 Å². The summed E-state index contributed by atoms with van der Waals surface area (Å²) < 4.78 is 0. The predicted molar refractivity (Wildman–Crippen MR) is 73.5 cm³/mol. The smallest absolute Gasteiger partial charge is 0.129 e. The van der Waals surface area contributed by atoms with Crippen LogP contribution in [0.25, 0.3) is 0 Å². The van der Waals surface area contributed by atoms with E-state index in [1.165, 1.54) is 5.56 Å². The monoisotopic (exact) mass is 248 g/mol. The van der Waals surface area contributed by atoms with Crippen LogP contribution in [0.2, 0.25) is 19.6 Å². The second kappa shape index (κ2) is 3.94. The largest absolute Gasteiger partial charge is 0.130 e. The molecule has 1 aromatic carbocycles. The number of alkyl halides is 1.